The molecule has 58 heavy (non-hydrogen) atoms. The van der Waals surface area contributed by atoms with Gasteiger partial charge in [0.1, 0.15) is 0 Å². The number of carbonyl (C=O) groups is 2. The Bertz CT molecular complexity index is 797. The van der Waals surface area contributed by atoms with E-state index < -0.39 is 0 Å². The van der Waals surface area contributed by atoms with Crippen LogP contribution in [0.5, 0.6) is 0 Å². The number of amides is 2. The fraction of sp³-hybridized carbons (Fsp3) is 0.889. The zero-order valence-corrected chi connectivity index (χ0v) is 39.7. The van der Waals surface area contributed by atoms with Gasteiger partial charge in [-0.15, -0.1) is 0 Å². The fourth-order valence-corrected chi connectivity index (χ4v) is 8.07. The maximum Gasteiger partial charge on any atom is 0.219 e. The highest BCUT2D eigenvalue weighted by Gasteiger charge is 2.03. The molecule has 0 spiro atoms. The number of hydrogen-bond donors (Lipinski definition) is 2. The quantitative estimate of drug-likeness (QED) is 0.0475. The van der Waals surface area contributed by atoms with Gasteiger partial charge in [0.25, 0.3) is 0 Å². The van der Waals surface area contributed by atoms with E-state index in [-0.39, 0.29) is 11.8 Å². The van der Waals surface area contributed by atoms with Crippen LogP contribution in [0, 0.1) is 0 Å². The number of unbranched alkanes of at least 4 members (excludes halogenated alkanes) is 37. The Labute approximate surface area is 364 Å². The highest BCUT2D eigenvalue weighted by molar-refractivity contribution is 5.76. The van der Waals surface area contributed by atoms with Crippen LogP contribution in [0.3, 0.4) is 0 Å². The van der Waals surface area contributed by atoms with Gasteiger partial charge in [-0.1, -0.05) is 231 Å². The monoisotopic (exact) mass is 813 g/mol. The van der Waals surface area contributed by atoms with Gasteiger partial charge in [-0.05, 0) is 77.0 Å². The lowest BCUT2D eigenvalue weighted by atomic mass is 10.1. The lowest BCUT2D eigenvalue weighted by Crippen LogP contribution is -2.24. The van der Waals surface area contributed by atoms with Crippen molar-refractivity contribution in [1.82, 2.24) is 10.6 Å². The summed E-state index contributed by atoms with van der Waals surface area (Å²) >= 11 is 0. The molecule has 0 aromatic rings. The summed E-state index contributed by atoms with van der Waals surface area (Å²) in [6.07, 6.45) is 66.0. The second-order valence-corrected chi connectivity index (χ2v) is 18.0. The Morgan fingerprint density at radius 3 is 0.741 bits per heavy atom. The van der Waals surface area contributed by atoms with E-state index in [1.54, 1.807) is 0 Å². The predicted octanol–water partition coefficient (Wildman–Crippen LogP) is 17.5. The summed E-state index contributed by atoms with van der Waals surface area (Å²) in [6.45, 7) is 6.25. The molecule has 0 bridgehead atoms. The summed E-state index contributed by atoms with van der Waals surface area (Å²) in [5.41, 5.74) is 0. The van der Waals surface area contributed by atoms with Crippen LogP contribution in [0.4, 0.5) is 0 Å². The SMILES string of the molecule is CCCCCCCCC=CCCCCCCCCCCCCNC(=O)CCCCCCCCC(=O)NCCCCCCCCCCCCC=CCCCCCCCC. The van der Waals surface area contributed by atoms with Crippen molar-refractivity contribution in [2.24, 2.45) is 0 Å². The molecule has 0 heterocycles. The first-order valence-electron chi connectivity index (χ1n) is 26.5. The third-order valence-corrected chi connectivity index (χ3v) is 12.1. The zero-order valence-electron chi connectivity index (χ0n) is 39.7. The van der Waals surface area contributed by atoms with Gasteiger partial charge >= 0.3 is 0 Å². The van der Waals surface area contributed by atoms with Crippen molar-refractivity contribution in [3.05, 3.63) is 24.3 Å². The van der Waals surface area contributed by atoms with Gasteiger partial charge in [0, 0.05) is 25.9 Å². The van der Waals surface area contributed by atoms with Gasteiger partial charge in [0.2, 0.25) is 11.8 Å². The Morgan fingerprint density at radius 1 is 0.276 bits per heavy atom. The molecular formula is C54H104N2O2. The lowest BCUT2D eigenvalue weighted by molar-refractivity contribution is -0.122. The van der Waals surface area contributed by atoms with Crippen molar-refractivity contribution in [2.75, 3.05) is 13.1 Å². The average Bonchev–Trinajstić information content (AvgIpc) is 3.22. The Morgan fingerprint density at radius 2 is 0.483 bits per heavy atom. The molecular weight excluding hydrogens is 709 g/mol. The molecule has 0 fully saturated rings. The van der Waals surface area contributed by atoms with Gasteiger partial charge in [0.15, 0.2) is 0 Å². The van der Waals surface area contributed by atoms with E-state index in [0.29, 0.717) is 12.8 Å². The van der Waals surface area contributed by atoms with Crippen LogP contribution >= 0.6 is 0 Å². The minimum atomic E-state index is 0.225. The first-order chi connectivity index (χ1) is 28.7. The first-order valence-corrected chi connectivity index (χ1v) is 26.5. The van der Waals surface area contributed by atoms with Gasteiger partial charge in [-0.2, -0.15) is 0 Å². The van der Waals surface area contributed by atoms with Crippen molar-refractivity contribution in [3.8, 4) is 0 Å². The van der Waals surface area contributed by atoms with Crippen LogP contribution in [0.25, 0.3) is 0 Å². The van der Waals surface area contributed by atoms with Crippen molar-refractivity contribution in [2.45, 2.75) is 296 Å². The molecule has 0 saturated carbocycles. The smallest absolute Gasteiger partial charge is 0.219 e. The summed E-state index contributed by atoms with van der Waals surface area (Å²) in [4.78, 5) is 24.4. The second-order valence-electron chi connectivity index (χ2n) is 18.0. The number of hydrogen-bond acceptors (Lipinski definition) is 2. The molecule has 0 rings (SSSR count). The molecule has 0 aliphatic rings. The van der Waals surface area contributed by atoms with E-state index in [1.807, 2.05) is 0 Å². The van der Waals surface area contributed by atoms with E-state index in [4.69, 9.17) is 0 Å². The van der Waals surface area contributed by atoms with E-state index in [2.05, 4.69) is 48.8 Å². The normalized spacial score (nSPS) is 11.7. The molecule has 0 aliphatic carbocycles. The Hall–Kier alpha value is -1.58. The maximum atomic E-state index is 12.2. The van der Waals surface area contributed by atoms with Crippen LogP contribution < -0.4 is 10.6 Å². The molecule has 0 aromatic heterocycles. The first kappa shape index (κ1) is 56.4. The number of rotatable bonds is 49. The minimum Gasteiger partial charge on any atom is -0.356 e. The van der Waals surface area contributed by atoms with E-state index in [0.717, 1.165) is 51.6 Å². The van der Waals surface area contributed by atoms with E-state index in [1.165, 1.54) is 231 Å². The third kappa shape index (κ3) is 50.6. The molecule has 0 aromatic carbocycles. The number of carbonyl (C=O) groups excluding carboxylic acids is 2. The highest BCUT2D eigenvalue weighted by Crippen LogP contribution is 2.15. The van der Waals surface area contributed by atoms with Crippen molar-refractivity contribution in [1.29, 1.82) is 0 Å². The molecule has 0 aliphatic heterocycles. The van der Waals surface area contributed by atoms with Gasteiger partial charge in [-0.25, -0.2) is 0 Å². The Balaban J connectivity index is 3.26. The maximum absolute atomic E-state index is 12.2. The van der Waals surface area contributed by atoms with Gasteiger partial charge in [-0.3, -0.25) is 9.59 Å². The molecule has 4 nitrogen and oxygen atoms in total. The molecule has 0 atom stereocenters. The van der Waals surface area contributed by atoms with E-state index >= 15 is 0 Å². The summed E-state index contributed by atoms with van der Waals surface area (Å²) in [5.74, 6) is 0.451. The minimum absolute atomic E-state index is 0.225. The fourth-order valence-electron chi connectivity index (χ4n) is 8.07. The zero-order chi connectivity index (χ0) is 41.9. The topological polar surface area (TPSA) is 58.2 Å². The molecule has 0 saturated heterocycles. The number of nitrogens with one attached hydrogen (secondary N) is 2. The van der Waals surface area contributed by atoms with Crippen LogP contribution in [0.2, 0.25) is 0 Å². The molecule has 0 unspecified atom stereocenters. The predicted molar refractivity (Wildman–Crippen MR) is 259 cm³/mol. The molecule has 2 N–H and O–H groups in total. The van der Waals surface area contributed by atoms with Crippen LogP contribution in [0.1, 0.15) is 296 Å². The van der Waals surface area contributed by atoms with Crippen LogP contribution in [-0.4, -0.2) is 24.9 Å². The Kier molecular flexibility index (Phi) is 50.2. The third-order valence-electron chi connectivity index (χ3n) is 12.1. The molecule has 2 amide bonds. The summed E-state index contributed by atoms with van der Waals surface area (Å²) in [7, 11) is 0. The summed E-state index contributed by atoms with van der Waals surface area (Å²) in [5, 5.41) is 6.26. The van der Waals surface area contributed by atoms with Crippen LogP contribution in [0.15, 0.2) is 24.3 Å². The lowest BCUT2D eigenvalue weighted by Gasteiger charge is -2.07. The largest absolute Gasteiger partial charge is 0.356 e. The molecule has 4 heteroatoms. The van der Waals surface area contributed by atoms with Gasteiger partial charge < -0.3 is 10.6 Å². The number of allylic oxidation sites excluding steroid dienone is 4. The highest BCUT2D eigenvalue weighted by atomic mass is 16.2. The summed E-state index contributed by atoms with van der Waals surface area (Å²) < 4.78 is 0. The average molecular weight is 813 g/mol. The van der Waals surface area contributed by atoms with E-state index in [9.17, 15) is 9.59 Å². The van der Waals surface area contributed by atoms with Crippen molar-refractivity contribution >= 4 is 11.8 Å². The van der Waals surface area contributed by atoms with Crippen molar-refractivity contribution in [3.63, 3.8) is 0 Å². The van der Waals surface area contributed by atoms with Gasteiger partial charge in [0.05, 0.1) is 0 Å². The summed E-state index contributed by atoms with van der Waals surface area (Å²) in [6, 6.07) is 0. The second kappa shape index (κ2) is 51.6. The molecule has 342 valence electrons. The molecule has 0 radical (unpaired) electrons. The van der Waals surface area contributed by atoms with Crippen molar-refractivity contribution < 1.29 is 9.59 Å². The standard InChI is InChI=1S/C54H104N2O2/c1-3-5-7-9-11-13-15-17-19-21-23-25-27-29-31-33-35-39-43-47-51-55-53(57)49-45-41-37-38-42-46-50-54(58)56-52-48-44-40-36-34-32-30-28-26-24-22-20-18-16-14-12-10-8-6-4-2/h17-20H,3-16,21-52H2,1-2H3,(H,55,57)(H,56,58). The van der Waals surface area contributed by atoms with Crippen LogP contribution in [-0.2, 0) is 9.59 Å².